The summed E-state index contributed by atoms with van der Waals surface area (Å²) in [6.45, 7) is 3.94. The van der Waals surface area contributed by atoms with Gasteiger partial charge in [0, 0.05) is 31.6 Å². The van der Waals surface area contributed by atoms with Gasteiger partial charge in [-0.2, -0.15) is 5.10 Å². The Labute approximate surface area is 135 Å². The second-order valence-electron chi connectivity index (χ2n) is 6.45. The van der Waals surface area contributed by atoms with Crippen LogP contribution in [0, 0.1) is 5.92 Å². The Morgan fingerprint density at radius 3 is 3.05 bits per heavy atom. The number of rotatable bonds is 6. The van der Waals surface area contributed by atoms with Crippen LogP contribution in [0.3, 0.4) is 0 Å². The third-order valence-corrected chi connectivity index (χ3v) is 5.64. The van der Waals surface area contributed by atoms with Crippen LogP contribution in [-0.2, 0) is 24.2 Å². The first kappa shape index (κ1) is 14.4. The van der Waals surface area contributed by atoms with Crippen LogP contribution in [0.2, 0.25) is 0 Å². The van der Waals surface area contributed by atoms with Crippen molar-refractivity contribution >= 4 is 11.3 Å². The predicted octanol–water partition coefficient (Wildman–Crippen LogP) is 3.10. The number of hydrogen-bond donors (Lipinski definition) is 0. The summed E-state index contributed by atoms with van der Waals surface area (Å²) in [5.41, 5.74) is 2.82. The molecule has 4 nitrogen and oxygen atoms in total. The fourth-order valence-corrected chi connectivity index (χ4v) is 4.16. The number of hydrogen-bond acceptors (Lipinski definition) is 4. The Balaban J connectivity index is 1.60. The lowest BCUT2D eigenvalue weighted by atomic mass is 10.00. The highest BCUT2D eigenvalue weighted by atomic mass is 32.1. The van der Waals surface area contributed by atoms with Crippen LogP contribution in [0.1, 0.15) is 35.0 Å². The van der Waals surface area contributed by atoms with Crippen molar-refractivity contribution in [2.45, 2.75) is 38.4 Å². The van der Waals surface area contributed by atoms with Gasteiger partial charge in [0.15, 0.2) is 0 Å². The first-order valence-electron chi connectivity index (χ1n) is 8.15. The quantitative estimate of drug-likeness (QED) is 0.820. The molecule has 3 heterocycles. The van der Waals surface area contributed by atoms with Gasteiger partial charge in [0.25, 0.3) is 0 Å². The van der Waals surface area contributed by atoms with Crippen LogP contribution in [-0.4, -0.2) is 34.9 Å². The summed E-state index contributed by atoms with van der Waals surface area (Å²) in [6, 6.07) is 4.70. The van der Waals surface area contributed by atoms with Crippen LogP contribution in [0.15, 0.2) is 23.7 Å². The average molecular weight is 317 g/mol. The number of ether oxygens (including phenoxy) is 1. The molecule has 1 aliphatic carbocycles. The lowest BCUT2D eigenvalue weighted by molar-refractivity contribution is 0.0732. The average Bonchev–Trinajstić information content (AvgIpc) is 3.02. The van der Waals surface area contributed by atoms with Crippen LogP contribution < -0.4 is 0 Å². The minimum absolute atomic E-state index is 0.331. The Morgan fingerprint density at radius 1 is 1.41 bits per heavy atom. The SMILES string of the molecule is COCC1c2c(cnn2CC2CC2)CCN1Cc1cccs1. The van der Waals surface area contributed by atoms with Crippen molar-refractivity contribution in [2.75, 3.05) is 20.3 Å². The van der Waals surface area contributed by atoms with Crippen molar-refractivity contribution < 1.29 is 4.74 Å². The largest absolute Gasteiger partial charge is 0.383 e. The number of fused-ring (bicyclic) bond motifs is 1. The van der Waals surface area contributed by atoms with Crippen molar-refractivity contribution in [1.29, 1.82) is 0 Å². The van der Waals surface area contributed by atoms with E-state index in [1.807, 2.05) is 11.3 Å². The molecule has 2 aromatic heterocycles. The summed E-state index contributed by atoms with van der Waals surface area (Å²) in [5, 5.41) is 6.84. The maximum atomic E-state index is 5.55. The molecule has 1 saturated carbocycles. The molecule has 0 bridgehead atoms. The number of nitrogens with zero attached hydrogens (tertiary/aromatic N) is 3. The molecule has 0 radical (unpaired) electrons. The predicted molar refractivity (Wildman–Crippen MR) is 88.0 cm³/mol. The summed E-state index contributed by atoms with van der Waals surface area (Å²) in [4.78, 5) is 3.99. The van der Waals surface area contributed by atoms with E-state index in [1.54, 1.807) is 7.11 Å². The van der Waals surface area contributed by atoms with E-state index in [0.29, 0.717) is 6.04 Å². The van der Waals surface area contributed by atoms with Crippen LogP contribution in [0.25, 0.3) is 0 Å². The van der Waals surface area contributed by atoms with Crippen molar-refractivity contribution in [3.8, 4) is 0 Å². The molecule has 0 N–H and O–H groups in total. The van der Waals surface area contributed by atoms with E-state index in [9.17, 15) is 0 Å². The van der Waals surface area contributed by atoms with E-state index in [-0.39, 0.29) is 0 Å². The molecule has 2 aliphatic rings. The zero-order valence-corrected chi connectivity index (χ0v) is 13.9. The number of aromatic nitrogens is 2. The maximum absolute atomic E-state index is 5.55. The minimum atomic E-state index is 0.331. The lowest BCUT2D eigenvalue weighted by Crippen LogP contribution is -2.38. The Hall–Kier alpha value is -1.17. The van der Waals surface area contributed by atoms with Gasteiger partial charge in [0.05, 0.1) is 24.5 Å². The highest BCUT2D eigenvalue weighted by molar-refractivity contribution is 7.09. The minimum Gasteiger partial charge on any atom is -0.383 e. The Kier molecular flexibility index (Phi) is 4.03. The zero-order chi connectivity index (χ0) is 14.9. The van der Waals surface area contributed by atoms with Gasteiger partial charge in [0.2, 0.25) is 0 Å². The molecule has 4 rings (SSSR count). The molecule has 2 aromatic rings. The topological polar surface area (TPSA) is 30.3 Å². The number of thiophene rings is 1. The molecule has 0 spiro atoms. The molecular formula is C17H23N3OS. The van der Waals surface area contributed by atoms with Gasteiger partial charge in [0.1, 0.15) is 0 Å². The third kappa shape index (κ3) is 2.85. The monoisotopic (exact) mass is 317 g/mol. The highest BCUT2D eigenvalue weighted by Crippen LogP contribution is 2.35. The van der Waals surface area contributed by atoms with E-state index in [1.165, 1.54) is 29.0 Å². The fraction of sp³-hybridized carbons (Fsp3) is 0.588. The zero-order valence-electron chi connectivity index (χ0n) is 13.1. The van der Waals surface area contributed by atoms with E-state index in [0.717, 1.165) is 38.6 Å². The molecule has 0 amide bonds. The van der Waals surface area contributed by atoms with Crippen molar-refractivity contribution in [3.63, 3.8) is 0 Å². The molecule has 22 heavy (non-hydrogen) atoms. The van der Waals surface area contributed by atoms with Gasteiger partial charge in [-0.1, -0.05) is 6.07 Å². The van der Waals surface area contributed by atoms with Crippen molar-refractivity contribution in [1.82, 2.24) is 14.7 Å². The van der Waals surface area contributed by atoms with Gasteiger partial charge in [-0.3, -0.25) is 9.58 Å². The van der Waals surface area contributed by atoms with Crippen LogP contribution >= 0.6 is 11.3 Å². The van der Waals surface area contributed by atoms with Gasteiger partial charge in [-0.25, -0.2) is 0 Å². The molecule has 118 valence electrons. The second-order valence-corrected chi connectivity index (χ2v) is 7.48. The summed E-state index contributed by atoms with van der Waals surface area (Å²) >= 11 is 1.84. The summed E-state index contributed by atoms with van der Waals surface area (Å²) in [6.07, 6.45) is 5.92. The Morgan fingerprint density at radius 2 is 2.32 bits per heavy atom. The molecule has 1 fully saturated rings. The van der Waals surface area contributed by atoms with E-state index >= 15 is 0 Å². The molecule has 0 aromatic carbocycles. The van der Waals surface area contributed by atoms with E-state index < -0.39 is 0 Å². The Bertz CT molecular complexity index is 618. The van der Waals surface area contributed by atoms with E-state index in [2.05, 4.69) is 38.4 Å². The second kappa shape index (κ2) is 6.14. The van der Waals surface area contributed by atoms with Crippen LogP contribution in [0.5, 0.6) is 0 Å². The van der Waals surface area contributed by atoms with Crippen LogP contribution in [0.4, 0.5) is 0 Å². The number of methoxy groups -OCH3 is 1. The standard InChI is InChI=1S/C17H23N3OS/c1-21-12-16-17-14(9-18-20(17)10-13-4-5-13)6-7-19(16)11-15-3-2-8-22-15/h2-3,8-9,13,16H,4-7,10-12H2,1H3. The summed E-state index contributed by atoms with van der Waals surface area (Å²) < 4.78 is 7.81. The molecular weight excluding hydrogens is 294 g/mol. The molecule has 0 saturated heterocycles. The summed E-state index contributed by atoms with van der Waals surface area (Å²) in [7, 11) is 1.80. The molecule has 1 atom stereocenters. The van der Waals surface area contributed by atoms with Gasteiger partial charge < -0.3 is 4.74 Å². The first-order chi connectivity index (χ1) is 10.8. The first-order valence-corrected chi connectivity index (χ1v) is 9.03. The van der Waals surface area contributed by atoms with Gasteiger partial charge in [-0.05, 0) is 42.2 Å². The van der Waals surface area contributed by atoms with Gasteiger partial charge in [-0.15, -0.1) is 11.3 Å². The van der Waals surface area contributed by atoms with Crippen molar-refractivity contribution in [2.24, 2.45) is 5.92 Å². The van der Waals surface area contributed by atoms with Gasteiger partial charge >= 0.3 is 0 Å². The smallest absolute Gasteiger partial charge is 0.0760 e. The fourth-order valence-electron chi connectivity index (χ4n) is 3.43. The molecule has 1 aliphatic heterocycles. The molecule has 5 heteroatoms. The van der Waals surface area contributed by atoms with E-state index in [4.69, 9.17) is 4.74 Å². The normalized spacial score (nSPS) is 22.0. The maximum Gasteiger partial charge on any atom is 0.0760 e. The summed E-state index contributed by atoms with van der Waals surface area (Å²) in [5.74, 6) is 0.847. The lowest BCUT2D eigenvalue weighted by Gasteiger charge is -2.35. The molecule has 1 unspecified atom stereocenters. The van der Waals surface area contributed by atoms with Crippen molar-refractivity contribution in [3.05, 3.63) is 39.8 Å². The third-order valence-electron chi connectivity index (χ3n) is 4.78. The highest BCUT2D eigenvalue weighted by Gasteiger charge is 2.33.